The molecule has 2 fully saturated rings. The van der Waals surface area contributed by atoms with Crippen molar-refractivity contribution < 1.29 is 9.53 Å². The van der Waals surface area contributed by atoms with Gasteiger partial charge < -0.3 is 10.1 Å². The van der Waals surface area contributed by atoms with Gasteiger partial charge in [-0.05, 0) is 50.9 Å². The van der Waals surface area contributed by atoms with Crippen LogP contribution in [0.1, 0.15) is 65.7 Å². The Morgan fingerprint density at radius 3 is 2.42 bits per heavy atom. The van der Waals surface area contributed by atoms with Gasteiger partial charge in [0.1, 0.15) is 0 Å². The molecule has 0 aromatic heterocycles. The molecule has 0 saturated heterocycles. The van der Waals surface area contributed by atoms with Gasteiger partial charge in [0, 0.05) is 12.1 Å². The number of hydrogen-bond acceptors (Lipinski definition) is 3. The maximum Gasteiger partial charge on any atom is 0.308 e. The highest BCUT2D eigenvalue weighted by Gasteiger charge is 2.36. The fourth-order valence-electron chi connectivity index (χ4n) is 3.68. The van der Waals surface area contributed by atoms with Crippen LogP contribution >= 0.6 is 0 Å². The van der Waals surface area contributed by atoms with Gasteiger partial charge in [0.2, 0.25) is 0 Å². The Hall–Kier alpha value is -0.570. The van der Waals surface area contributed by atoms with Crippen molar-refractivity contribution in [2.75, 3.05) is 6.61 Å². The van der Waals surface area contributed by atoms with Crippen LogP contribution in [0.3, 0.4) is 0 Å². The first kappa shape index (κ1) is 14.8. The van der Waals surface area contributed by atoms with Gasteiger partial charge >= 0.3 is 5.97 Å². The van der Waals surface area contributed by atoms with Crippen molar-refractivity contribution in [3.8, 4) is 0 Å². The summed E-state index contributed by atoms with van der Waals surface area (Å²) in [7, 11) is 0. The minimum Gasteiger partial charge on any atom is -0.466 e. The topological polar surface area (TPSA) is 38.3 Å². The van der Waals surface area contributed by atoms with Crippen molar-refractivity contribution in [2.24, 2.45) is 11.3 Å². The lowest BCUT2D eigenvalue weighted by Gasteiger charge is -2.35. The van der Waals surface area contributed by atoms with Crippen molar-refractivity contribution >= 4 is 5.97 Å². The molecule has 3 nitrogen and oxygen atoms in total. The highest BCUT2D eigenvalue weighted by atomic mass is 16.5. The van der Waals surface area contributed by atoms with Gasteiger partial charge in [-0.1, -0.05) is 20.3 Å². The molecule has 1 N–H and O–H groups in total. The van der Waals surface area contributed by atoms with Crippen LogP contribution in [0.15, 0.2) is 0 Å². The summed E-state index contributed by atoms with van der Waals surface area (Å²) in [4.78, 5) is 11.7. The van der Waals surface area contributed by atoms with E-state index in [1.807, 2.05) is 6.92 Å². The molecule has 0 bridgehead atoms. The van der Waals surface area contributed by atoms with Crippen LogP contribution in [0.2, 0.25) is 0 Å². The molecule has 19 heavy (non-hydrogen) atoms. The molecule has 2 aliphatic rings. The second kappa shape index (κ2) is 6.25. The average molecular weight is 267 g/mol. The van der Waals surface area contributed by atoms with E-state index >= 15 is 0 Å². The average Bonchev–Trinajstić information content (AvgIpc) is 2.70. The first-order valence-electron chi connectivity index (χ1n) is 7.95. The van der Waals surface area contributed by atoms with E-state index in [9.17, 15) is 4.79 Å². The zero-order valence-electron chi connectivity index (χ0n) is 12.7. The van der Waals surface area contributed by atoms with Crippen molar-refractivity contribution in [2.45, 2.75) is 77.8 Å². The van der Waals surface area contributed by atoms with E-state index in [2.05, 4.69) is 19.2 Å². The summed E-state index contributed by atoms with van der Waals surface area (Å²) in [5.41, 5.74) is 0.442. The first-order valence-corrected chi connectivity index (χ1v) is 7.95. The molecule has 0 aromatic rings. The third-order valence-corrected chi connectivity index (χ3v) is 5.04. The van der Waals surface area contributed by atoms with E-state index in [1.165, 1.54) is 19.3 Å². The number of carbonyl (C=O) groups excluding carboxylic acids is 1. The number of nitrogens with one attached hydrogen (secondary N) is 1. The minimum absolute atomic E-state index is 0.0159. The number of carbonyl (C=O) groups is 1. The Labute approximate surface area is 117 Å². The maximum absolute atomic E-state index is 11.7. The summed E-state index contributed by atoms with van der Waals surface area (Å²) in [5, 5.41) is 3.85. The summed E-state index contributed by atoms with van der Waals surface area (Å²) >= 11 is 0. The van der Waals surface area contributed by atoms with Gasteiger partial charge in [-0.25, -0.2) is 0 Å². The van der Waals surface area contributed by atoms with Crippen LogP contribution in [0.5, 0.6) is 0 Å². The van der Waals surface area contributed by atoms with Gasteiger partial charge in [-0.15, -0.1) is 0 Å². The molecule has 110 valence electrons. The number of hydrogen-bond donors (Lipinski definition) is 1. The van der Waals surface area contributed by atoms with Crippen molar-refractivity contribution in [1.29, 1.82) is 0 Å². The van der Waals surface area contributed by atoms with E-state index in [1.54, 1.807) is 0 Å². The Morgan fingerprint density at radius 1 is 1.21 bits per heavy atom. The fourth-order valence-corrected chi connectivity index (χ4v) is 3.68. The predicted molar refractivity (Wildman–Crippen MR) is 76.9 cm³/mol. The molecule has 1 atom stereocenters. The van der Waals surface area contributed by atoms with Gasteiger partial charge in [-0.3, -0.25) is 4.79 Å². The molecule has 0 aliphatic heterocycles. The molecule has 0 aromatic carbocycles. The Balaban J connectivity index is 1.76. The summed E-state index contributed by atoms with van der Waals surface area (Å²) in [6, 6.07) is 1.27. The van der Waals surface area contributed by atoms with Crippen molar-refractivity contribution in [3.05, 3.63) is 0 Å². The molecule has 0 amide bonds. The number of ether oxygens (including phenoxy) is 1. The second-order valence-electron chi connectivity index (χ2n) is 6.90. The molecule has 2 rings (SSSR count). The third kappa shape index (κ3) is 3.71. The molecular formula is C16H29NO2. The monoisotopic (exact) mass is 267 g/mol. The van der Waals surface area contributed by atoms with E-state index in [0.717, 1.165) is 25.7 Å². The standard InChI is InChI=1S/C16H29NO2/c1-4-19-15(18)12-7-9-13(10-8-12)17-14-6-5-11-16(14,2)3/h12-14,17H,4-11H2,1-3H3. The summed E-state index contributed by atoms with van der Waals surface area (Å²) < 4.78 is 5.12. The van der Waals surface area contributed by atoms with Crippen molar-refractivity contribution in [1.82, 2.24) is 5.32 Å². The number of esters is 1. The molecule has 0 radical (unpaired) electrons. The molecule has 3 heteroatoms. The van der Waals surface area contributed by atoms with Crippen LogP contribution in [-0.4, -0.2) is 24.7 Å². The lowest BCUT2D eigenvalue weighted by molar-refractivity contribution is -0.149. The second-order valence-corrected chi connectivity index (χ2v) is 6.90. The molecular weight excluding hydrogens is 238 g/mol. The van der Waals surface area contributed by atoms with E-state index in [-0.39, 0.29) is 11.9 Å². The van der Waals surface area contributed by atoms with Gasteiger partial charge in [-0.2, -0.15) is 0 Å². The smallest absolute Gasteiger partial charge is 0.308 e. The highest BCUT2D eigenvalue weighted by Crippen LogP contribution is 2.38. The van der Waals surface area contributed by atoms with Crippen LogP contribution in [0.4, 0.5) is 0 Å². The largest absolute Gasteiger partial charge is 0.466 e. The normalized spacial score (nSPS) is 34.2. The molecule has 1 unspecified atom stereocenters. The van der Waals surface area contributed by atoms with Gasteiger partial charge in [0.25, 0.3) is 0 Å². The maximum atomic E-state index is 11.7. The van der Waals surface area contributed by atoms with E-state index in [4.69, 9.17) is 4.74 Å². The summed E-state index contributed by atoms with van der Waals surface area (Å²) in [6.45, 7) is 7.14. The Morgan fingerprint density at radius 2 is 1.89 bits per heavy atom. The predicted octanol–water partition coefficient (Wildman–Crippen LogP) is 3.28. The van der Waals surface area contributed by atoms with E-state index in [0.29, 0.717) is 24.1 Å². The summed E-state index contributed by atoms with van der Waals surface area (Å²) in [6.07, 6.45) is 8.22. The Kier molecular flexibility index (Phi) is 4.88. The Bertz CT molecular complexity index is 306. The SMILES string of the molecule is CCOC(=O)C1CCC(NC2CCCC2(C)C)CC1. The minimum atomic E-state index is 0.0159. The highest BCUT2D eigenvalue weighted by molar-refractivity contribution is 5.72. The van der Waals surface area contributed by atoms with Gasteiger partial charge in [0.15, 0.2) is 0 Å². The lowest BCUT2D eigenvalue weighted by atomic mass is 9.83. The van der Waals surface area contributed by atoms with Gasteiger partial charge in [0.05, 0.1) is 12.5 Å². The fraction of sp³-hybridized carbons (Fsp3) is 0.938. The molecule has 2 saturated carbocycles. The lowest BCUT2D eigenvalue weighted by Crippen LogP contribution is -2.45. The van der Waals surface area contributed by atoms with E-state index < -0.39 is 0 Å². The quantitative estimate of drug-likeness (QED) is 0.794. The van der Waals surface area contributed by atoms with Crippen molar-refractivity contribution in [3.63, 3.8) is 0 Å². The third-order valence-electron chi connectivity index (χ3n) is 5.04. The van der Waals surface area contributed by atoms with Crippen LogP contribution in [-0.2, 0) is 9.53 Å². The zero-order valence-corrected chi connectivity index (χ0v) is 12.7. The van der Waals surface area contributed by atoms with Crippen LogP contribution in [0, 0.1) is 11.3 Å². The van der Waals surface area contributed by atoms with Crippen LogP contribution < -0.4 is 5.32 Å². The first-order chi connectivity index (χ1) is 9.03. The zero-order chi connectivity index (χ0) is 13.9. The molecule has 2 aliphatic carbocycles. The molecule has 0 heterocycles. The summed E-state index contributed by atoms with van der Waals surface area (Å²) in [5.74, 6) is 0.164. The molecule has 0 spiro atoms. The number of rotatable bonds is 4. The van der Waals surface area contributed by atoms with Crippen LogP contribution in [0.25, 0.3) is 0 Å².